The molecule has 0 amide bonds. The van der Waals surface area contributed by atoms with Crippen LogP contribution in [0, 0.1) is 5.82 Å². The predicted molar refractivity (Wildman–Crippen MR) is 69.4 cm³/mol. The van der Waals surface area contributed by atoms with Gasteiger partial charge in [-0.05, 0) is 23.3 Å². The molecule has 106 valence electrons. The predicted octanol–water partition coefficient (Wildman–Crippen LogP) is 2.13. The molecule has 0 aromatic heterocycles. The van der Waals surface area contributed by atoms with Gasteiger partial charge in [0, 0.05) is 13.8 Å². The minimum Gasteiger partial charge on any atom is -0.464 e. The van der Waals surface area contributed by atoms with Crippen molar-refractivity contribution in [2.75, 3.05) is 13.2 Å². The summed E-state index contributed by atoms with van der Waals surface area (Å²) in [5.41, 5.74) is 0.837. The van der Waals surface area contributed by atoms with Gasteiger partial charge in [-0.1, -0.05) is 18.2 Å². The van der Waals surface area contributed by atoms with Gasteiger partial charge in [-0.3, -0.25) is 9.59 Å². The van der Waals surface area contributed by atoms with Crippen molar-refractivity contribution in [3.05, 3.63) is 47.3 Å². The van der Waals surface area contributed by atoms with Gasteiger partial charge in [0.05, 0.1) is 5.41 Å². The van der Waals surface area contributed by atoms with E-state index >= 15 is 0 Å². The first-order chi connectivity index (χ1) is 9.44. The first-order valence-electron chi connectivity index (χ1n) is 6.19. The average molecular weight is 278 g/mol. The van der Waals surface area contributed by atoms with E-state index in [1.54, 1.807) is 12.1 Å². The molecule has 4 nitrogen and oxygen atoms in total. The van der Waals surface area contributed by atoms with Crippen LogP contribution in [0.15, 0.2) is 35.9 Å². The Morgan fingerprint density at radius 2 is 1.90 bits per heavy atom. The molecule has 1 aromatic carbocycles. The summed E-state index contributed by atoms with van der Waals surface area (Å²) in [5, 5.41) is 0. The van der Waals surface area contributed by atoms with Gasteiger partial charge in [-0.2, -0.15) is 0 Å². The summed E-state index contributed by atoms with van der Waals surface area (Å²) in [6.07, 6.45) is 1.83. The van der Waals surface area contributed by atoms with E-state index in [0.717, 1.165) is 5.57 Å². The van der Waals surface area contributed by atoms with E-state index in [0.29, 0.717) is 5.56 Å². The fourth-order valence-electron chi connectivity index (χ4n) is 2.08. The molecule has 0 saturated heterocycles. The van der Waals surface area contributed by atoms with Crippen LogP contribution >= 0.6 is 0 Å². The Bertz CT molecular complexity index is 579. The molecule has 0 N–H and O–H groups in total. The molecule has 0 unspecified atom stereocenters. The molecular formula is C15H15FO4. The standard InChI is InChI=1S/C15H15FO4/c1-10(17)19-8-13-7-15(13,9-20-11(2)18)12-4-3-5-14(16)6-12/h3-7H,8-9H2,1-2H3/t15-/m1/s1. The summed E-state index contributed by atoms with van der Waals surface area (Å²) in [4.78, 5) is 21.8. The number of hydrogen-bond acceptors (Lipinski definition) is 4. The molecule has 0 spiro atoms. The normalized spacial score (nSPS) is 20.1. The molecule has 1 aliphatic rings. The van der Waals surface area contributed by atoms with Crippen LogP contribution in [-0.4, -0.2) is 25.2 Å². The molecular weight excluding hydrogens is 263 g/mol. The smallest absolute Gasteiger partial charge is 0.302 e. The van der Waals surface area contributed by atoms with Crippen LogP contribution in [0.4, 0.5) is 4.39 Å². The zero-order valence-electron chi connectivity index (χ0n) is 11.3. The zero-order valence-corrected chi connectivity index (χ0v) is 11.3. The van der Waals surface area contributed by atoms with Gasteiger partial charge in [0.2, 0.25) is 0 Å². The summed E-state index contributed by atoms with van der Waals surface area (Å²) >= 11 is 0. The number of benzene rings is 1. The second-order valence-corrected chi connectivity index (χ2v) is 4.71. The van der Waals surface area contributed by atoms with Crippen molar-refractivity contribution in [3.8, 4) is 0 Å². The SMILES string of the molecule is CC(=O)OCC1=C[C@@]1(COC(C)=O)c1cccc(F)c1. The van der Waals surface area contributed by atoms with Crippen LogP contribution in [-0.2, 0) is 24.5 Å². The summed E-state index contributed by atoms with van der Waals surface area (Å²) in [5.74, 6) is -1.16. The summed E-state index contributed by atoms with van der Waals surface area (Å²) in [6.45, 7) is 2.84. The lowest BCUT2D eigenvalue weighted by Crippen LogP contribution is -2.23. The number of carbonyl (C=O) groups excluding carboxylic acids is 2. The minimum atomic E-state index is -0.650. The van der Waals surface area contributed by atoms with Crippen molar-refractivity contribution in [2.24, 2.45) is 0 Å². The highest BCUT2D eigenvalue weighted by molar-refractivity contribution is 5.68. The molecule has 0 saturated carbocycles. The third kappa shape index (κ3) is 3.04. The van der Waals surface area contributed by atoms with Crippen LogP contribution in [0.3, 0.4) is 0 Å². The Morgan fingerprint density at radius 3 is 2.50 bits per heavy atom. The van der Waals surface area contributed by atoms with E-state index in [4.69, 9.17) is 9.47 Å². The summed E-state index contributed by atoms with van der Waals surface area (Å²) in [6, 6.07) is 6.08. The highest BCUT2D eigenvalue weighted by Gasteiger charge is 2.47. The fraction of sp³-hybridized carbons (Fsp3) is 0.333. The maximum atomic E-state index is 13.3. The van der Waals surface area contributed by atoms with Gasteiger partial charge in [0.15, 0.2) is 0 Å². The Hall–Kier alpha value is -2.17. The van der Waals surface area contributed by atoms with Crippen LogP contribution < -0.4 is 0 Å². The second-order valence-electron chi connectivity index (χ2n) is 4.71. The molecule has 0 aliphatic heterocycles. The Labute approximate surface area is 116 Å². The van der Waals surface area contributed by atoms with Crippen LogP contribution in [0.5, 0.6) is 0 Å². The van der Waals surface area contributed by atoms with Crippen molar-refractivity contribution in [2.45, 2.75) is 19.3 Å². The quantitative estimate of drug-likeness (QED) is 0.611. The number of esters is 2. The lowest BCUT2D eigenvalue weighted by molar-refractivity contribution is -0.142. The Morgan fingerprint density at radius 1 is 1.20 bits per heavy atom. The Kier molecular flexibility index (Phi) is 3.88. The van der Waals surface area contributed by atoms with Gasteiger partial charge in [-0.25, -0.2) is 4.39 Å². The number of carbonyl (C=O) groups is 2. The van der Waals surface area contributed by atoms with E-state index in [9.17, 15) is 14.0 Å². The maximum absolute atomic E-state index is 13.3. The molecule has 0 fully saturated rings. The van der Waals surface area contributed by atoms with E-state index in [2.05, 4.69) is 0 Å². The monoisotopic (exact) mass is 278 g/mol. The van der Waals surface area contributed by atoms with Crippen LogP contribution in [0.2, 0.25) is 0 Å². The molecule has 1 atom stereocenters. The highest BCUT2D eigenvalue weighted by Crippen LogP contribution is 2.47. The largest absolute Gasteiger partial charge is 0.464 e. The molecule has 0 radical (unpaired) electrons. The first kappa shape index (κ1) is 14.2. The number of rotatable bonds is 5. The van der Waals surface area contributed by atoms with Crippen LogP contribution in [0.1, 0.15) is 19.4 Å². The van der Waals surface area contributed by atoms with E-state index < -0.39 is 17.4 Å². The van der Waals surface area contributed by atoms with E-state index in [-0.39, 0.29) is 19.0 Å². The first-order valence-corrected chi connectivity index (χ1v) is 6.19. The van der Waals surface area contributed by atoms with Gasteiger partial charge in [-0.15, -0.1) is 0 Å². The lowest BCUT2D eigenvalue weighted by Gasteiger charge is -2.19. The lowest BCUT2D eigenvalue weighted by atomic mass is 9.91. The van der Waals surface area contributed by atoms with E-state index in [1.807, 2.05) is 6.08 Å². The maximum Gasteiger partial charge on any atom is 0.302 e. The second kappa shape index (κ2) is 5.45. The van der Waals surface area contributed by atoms with Crippen molar-refractivity contribution in [3.63, 3.8) is 0 Å². The third-order valence-electron chi connectivity index (χ3n) is 3.18. The van der Waals surface area contributed by atoms with Crippen LogP contribution in [0.25, 0.3) is 0 Å². The zero-order chi connectivity index (χ0) is 14.8. The van der Waals surface area contributed by atoms with E-state index in [1.165, 1.54) is 26.0 Å². The number of hydrogen-bond donors (Lipinski definition) is 0. The highest BCUT2D eigenvalue weighted by atomic mass is 19.1. The Balaban J connectivity index is 2.15. The summed E-state index contributed by atoms with van der Waals surface area (Å²) < 4.78 is 23.3. The summed E-state index contributed by atoms with van der Waals surface area (Å²) in [7, 11) is 0. The third-order valence-corrected chi connectivity index (χ3v) is 3.18. The molecule has 5 heteroatoms. The molecule has 1 aromatic rings. The van der Waals surface area contributed by atoms with Crippen molar-refractivity contribution < 1.29 is 23.5 Å². The fourth-order valence-corrected chi connectivity index (χ4v) is 2.08. The number of halogens is 1. The van der Waals surface area contributed by atoms with Crippen molar-refractivity contribution in [1.82, 2.24) is 0 Å². The molecule has 20 heavy (non-hydrogen) atoms. The van der Waals surface area contributed by atoms with Crippen molar-refractivity contribution in [1.29, 1.82) is 0 Å². The average Bonchev–Trinajstić information content (AvgIpc) is 3.09. The van der Waals surface area contributed by atoms with Gasteiger partial charge < -0.3 is 9.47 Å². The van der Waals surface area contributed by atoms with Gasteiger partial charge >= 0.3 is 11.9 Å². The topological polar surface area (TPSA) is 52.6 Å². The molecule has 0 bridgehead atoms. The van der Waals surface area contributed by atoms with Gasteiger partial charge in [0.1, 0.15) is 19.0 Å². The minimum absolute atomic E-state index is 0.0857. The molecule has 0 heterocycles. The number of ether oxygens (including phenoxy) is 2. The van der Waals surface area contributed by atoms with Gasteiger partial charge in [0.25, 0.3) is 0 Å². The molecule has 1 aliphatic carbocycles. The van der Waals surface area contributed by atoms with Crippen molar-refractivity contribution >= 4 is 11.9 Å². The molecule has 2 rings (SSSR count).